The number of alkyl halides is 4. The second-order valence-corrected chi connectivity index (χ2v) is 4.05. The Hall–Kier alpha value is -1.41. The highest BCUT2D eigenvalue weighted by atomic mass is 35.5. The van der Waals surface area contributed by atoms with Crippen molar-refractivity contribution in [1.82, 2.24) is 0 Å². The van der Waals surface area contributed by atoms with E-state index in [-0.39, 0.29) is 5.02 Å². The summed E-state index contributed by atoms with van der Waals surface area (Å²) >= 11 is 5.48. The Morgan fingerprint density at radius 2 is 1.89 bits per heavy atom. The molecule has 0 aromatic heterocycles. The molecule has 0 fully saturated rings. The first-order valence-electron chi connectivity index (χ1n) is 4.54. The number of nitrogens with zero attached hydrogens (tertiary/aromatic N) is 1. The molecule has 0 unspecified atom stereocenters. The zero-order chi connectivity index (χ0) is 13.7. The molecule has 0 aliphatic carbocycles. The van der Waals surface area contributed by atoms with Crippen LogP contribution in [0.1, 0.15) is 16.7 Å². The van der Waals surface area contributed by atoms with Gasteiger partial charge in [-0.05, 0) is 12.1 Å². The second-order valence-electron chi connectivity index (χ2n) is 3.61. The summed E-state index contributed by atoms with van der Waals surface area (Å²) in [6, 6.07) is 1.46. The molecule has 2 rings (SSSR count). The van der Waals surface area contributed by atoms with E-state index in [1.54, 1.807) is 0 Å². The highest BCUT2D eigenvalue weighted by Crippen LogP contribution is 2.52. The first kappa shape index (κ1) is 13.0. The van der Waals surface area contributed by atoms with Gasteiger partial charge in [-0.2, -0.15) is 17.6 Å². The Labute approximate surface area is 102 Å². The van der Waals surface area contributed by atoms with Crippen molar-refractivity contribution in [2.75, 3.05) is 0 Å². The maximum Gasteiger partial charge on any atom is 0.389 e. The lowest BCUT2D eigenvalue weighted by atomic mass is 10.0. The fourth-order valence-corrected chi connectivity index (χ4v) is 2.01. The van der Waals surface area contributed by atoms with Crippen LogP contribution in [0.3, 0.4) is 0 Å². The van der Waals surface area contributed by atoms with E-state index in [2.05, 4.69) is 4.74 Å². The molecule has 18 heavy (non-hydrogen) atoms. The normalized spacial score (nSPS) is 19.6. The third kappa shape index (κ3) is 2.01. The molecule has 98 valence electrons. The van der Waals surface area contributed by atoms with Crippen LogP contribution < -0.4 is 0 Å². The van der Waals surface area contributed by atoms with Gasteiger partial charge in [-0.1, -0.05) is 11.6 Å². The number of hydrogen-bond acceptors (Lipinski definition) is 3. The molecule has 0 atom stereocenters. The van der Waals surface area contributed by atoms with Crippen LogP contribution in [0.4, 0.5) is 17.6 Å². The predicted octanol–water partition coefficient (Wildman–Crippen LogP) is 3.25. The lowest BCUT2D eigenvalue weighted by molar-refractivity contribution is -0.497. The predicted molar refractivity (Wildman–Crippen MR) is 51.0 cm³/mol. The Morgan fingerprint density at radius 1 is 1.28 bits per heavy atom. The second kappa shape index (κ2) is 3.79. The summed E-state index contributed by atoms with van der Waals surface area (Å²) < 4.78 is 56.3. The molecule has 0 amide bonds. The number of fused-ring (bicyclic) bond motifs is 1. The van der Waals surface area contributed by atoms with Gasteiger partial charge in [0, 0.05) is 15.5 Å². The third-order valence-corrected chi connectivity index (χ3v) is 2.56. The Balaban J connectivity index is 2.68. The molecule has 0 spiro atoms. The quantitative estimate of drug-likeness (QED) is 0.476. The number of hydrogen-bond donors (Lipinski definition) is 0. The van der Waals surface area contributed by atoms with Gasteiger partial charge in [0.25, 0.3) is 0 Å². The summed E-state index contributed by atoms with van der Waals surface area (Å²) in [5.74, 6) is 0. The molecule has 0 bridgehead atoms. The van der Waals surface area contributed by atoms with Crippen LogP contribution in [0.5, 0.6) is 0 Å². The molecular formula is C9H4ClF4NO3. The minimum absolute atomic E-state index is 0.299. The summed E-state index contributed by atoms with van der Waals surface area (Å²) in [7, 11) is 0. The van der Waals surface area contributed by atoms with Gasteiger partial charge in [0.05, 0.1) is 11.1 Å². The fraction of sp³-hybridized carbons (Fsp3) is 0.333. The first-order valence-corrected chi connectivity index (χ1v) is 4.92. The molecule has 1 aromatic carbocycles. The molecule has 0 N–H and O–H groups in total. The average molecular weight is 286 g/mol. The fourth-order valence-electron chi connectivity index (χ4n) is 1.77. The van der Waals surface area contributed by atoms with Gasteiger partial charge in [-0.15, -0.1) is 0 Å². The Morgan fingerprint density at radius 3 is 2.44 bits per heavy atom. The zero-order valence-electron chi connectivity index (χ0n) is 8.42. The molecule has 9 heteroatoms. The Kier molecular flexibility index (Phi) is 2.74. The largest absolute Gasteiger partial charge is 0.389 e. The van der Waals surface area contributed by atoms with E-state index in [1.165, 1.54) is 0 Å². The van der Waals surface area contributed by atoms with E-state index in [0.29, 0.717) is 6.07 Å². The monoisotopic (exact) mass is 285 g/mol. The van der Waals surface area contributed by atoms with Gasteiger partial charge in [-0.25, -0.2) is 4.74 Å². The van der Waals surface area contributed by atoms with Crippen molar-refractivity contribution >= 4 is 11.6 Å². The van der Waals surface area contributed by atoms with E-state index >= 15 is 0 Å². The zero-order valence-corrected chi connectivity index (χ0v) is 9.18. The van der Waals surface area contributed by atoms with E-state index < -0.39 is 40.4 Å². The molecule has 0 radical (unpaired) electrons. The summed E-state index contributed by atoms with van der Waals surface area (Å²) in [4.78, 5) is 9.42. The van der Waals surface area contributed by atoms with Crippen LogP contribution in [0, 0.1) is 10.1 Å². The minimum Gasteiger partial charge on any atom is -0.264 e. The van der Waals surface area contributed by atoms with Crippen molar-refractivity contribution in [3.8, 4) is 0 Å². The van der Waals surface area contributed by atoms with Crippen molar-refractivity contribution in [3.63, 3.8) is 0 Å². The maximum atomic E-state index is 13.3. The van der Waals surface area contributed by atoms with Crippen molar-refractivity contribution in [3.05, 3.63) is 44.0 Å². The summed E-state index contributed by atoms with van der Waals surface area (Å²) in [5, 5.41) is 10.0. The Bertz CT molecular complexity index is 535. The number of halogens is 5. The average Bonchev–Trinajstić information content (AvgIpc) is 2.30. The van der Waals surface area contributed by atoms with Crippen LogP contribution in [-0.2, 0) is 23.5 Å². The first-order chi connectivity index (χ1) is 8.13. The molecule has 4 nitrogen and oxygen atoms in total. The van der Waals surface area contributed by atoms with Gasteiger partial charge < -0.3 is 0 Å². The van der Waals surface area contributed by atoms with Crippen LogP contribution in [0.25, 0.3) is 0 Å². The molecule has 1 aromatic rings. The van der Waals surface area contributed by atoms with Gasteiger partial charge in [0.2, 0.25) is 6.54 Å². The standard InChI is InChI=1S/C9H4ClF4NO3/c10-5-1-4(3-15(16)17)7-6(2-5)8(11,12)18-9(7,13)14/h1-2H,3H2. The lowest BCUT2D eigenvalue weighted by Crippen LogP contribution is -2.18. The van der Waals surface area contributed by atoms with Crippen LogP contribution in [0.15, 0.2) is 12.1 Å². The number of nitro groups is 1. The highest BCUT2D eigenvalue weighted by Gasteiger charge is 2.58. The van der Waals surface area contributed by atoms with E-state index in [4.69, 9.17) is 11.6 Å². The third-order valence-electron chi connectivity index (χ3n) is 2.35. The van der Waals surface area contributed by atoms with Crippen molar-refractivity contribution in [1.29, 1.82) is 0 Å². The maximum absolute atomic E-state index is 13.3. The lowest BCUT2D eigenvalue weighted by Gasteiger charge is -2.11. The smallest absolute Gasteiger partial charge is 0.264 e. The molecule has 0 saturated carbocycles. The molecule has 1 aliphatic heterocycles. The van der Waals surface area contributed by atoms with E-state index in [9.17, 15) is 27.7 Å². The number of ether oxygens (including phenoxy) is 1. The van der Waals surface area contributed by atoms with Crippen molar-refractivity contribution in [2.24, 2.45) is 0 Å². The van der Waals surface area contributed by atoms with Crippen LogP contribution in [0.2, 0.25) is 5.02 Å². The number of rotatable bonds is 2. The van der Waals surface area contributed by atoms with Gasteiger partial charge in [0.1, 0.15) is 0 Å². The SMILES string of the molecule is O=[N+]([O-])Cc1cc(Cl)cc2c1C(F)(F)OC2(F)F. The van der Waals surface area contributed by atoms with Crippen LogP contribution in [-0.4, -0.2) is 4.92 Å². The minimum atomic E-state index is -4.28. The number of benzene rings is 1. The van der Waals surface area contributed by atoms with Crippen LogP contribution >= 0.6 is 11.6 Å². The van der Waals surface area contributed by atoms with E-state index in [0.717, 1.165) is 6.07 Å². The summed E-state index contributed by atoms with van der Waals surface area (Å²) in [6.07, 6.45) is -8.51. The molecular weight excluding hydrogens is 282 g/mol. The van der Waals surface area contributed by atoms with Gasteiger partial charge in [-0.3, -0.25) is 10.1 Å². The van der Waals surface area contributed by atoms with E-state index in [1.807, 2.05) is 0 Å². The van der Waals surface area contributed by atoms with Gasteiger partial charge in [0.15, 0.2) is 0 Å². The van der Waals surface area contributed by atoms with Gasteiger partial charge >= 0.3 is 12.2 Å². The van der Waals surface area contributed by atoms with Crippen molar-refractivity contribution in [2.45, 2.75) is 18.8 Å². The molecule has 1 aliphatic rings. The molecule has 1 heterocycles. The summed E-state index contributed by atoms with van der Waals surface area (Å²) in [6.45, 7) is -1.04. The topological polar surface area (TPSA) is 52.4 Å². The summed E-state index contributed by atoms with van der Waals surface area (Å²) in [5.41, 5.74) is -2.92. The highest BCUT2D eigenvalue weighted by molar-refractivity contribution is 6.30. The molecule has 0 saturated heterocycles. The van der Waals surface area contributed by atoms with Crippen molar-refractivity contribution < 1.29 is 27.2 Å².